The summed E-state index contributed by atoms with van der Waals surface area (Å²) in [6.45, 7) is 4.84. The van der Waals surface area contributed by atoms with Crippen LogP contribution in [0.4, 0.5) is 4.39 Å². The Labute approximate surface area is 123 Å². The van der Waals surface area contributed by atoms with Gasteiger partial charge in [-0.05, 0) is 50.5 Å². The van der Waals surface area contributed by atoms with Crippen LogP contribution >= 0.6 is 0 Å². The van der Waals surface area contributed by atoms with Crippen molar-refractivity contribution in [3.63, 3.8) is 0 Å². The minimum atomic E-state index is -3.83. The molecule has 1 saturated heterocycles. The molecule has 0 bridgehead atoms. The molecular formula is C14H18FNO4S. The number of hydrogen-bond acceptors (Lipinski definition) is 3. The minimum absolute atomic E-state index is 0.0711. The highest BCUT2D eigenvalue weighted by Crippen LogP contribution is 2.33. The predicted octanol–water partition coefficient (Wildman–Crippen LogP) is 1.93. The van der Waals surface area contributed by atoms with E-state index < -0.39 is 33.8 Å². The fourth-order valence-electron chi connectivity index (χ4n) is 3.00. The summed E-state index contributed by atoms with van der Waals surface area (Å²) in [5, 5.41) is 9.11. The summed E-state index contributed by atoms with van der Waals surface area (Å²) in [7, 11) is -3.83. The van der Waals surface area contributed by atoms with E-state index in [4.69, 9.17) is 5.11 Å². The largest absolute Gasteiger partial charge is 0.481 e. The third-order valence-corrected chi connectivity index (χ3v) is 6.30. The number of aryl methyl sites for hydroxylation is 2. The summed E-state index contributed by atoms with van der Waals surface area (Å²) in [5.74, 6) is -2.18. The number of nitrogens with zero attached hydrogens (tertiary/aromatic N) is 1. The Morgan fingerprint density at radius 3 is 2.29 bits per heavy atom. The number of benzene rings is 1. The van der Waals surface area contributed by atoms with Gasteiger partial charge in [0.2, 0.25) is 10.0 Å². The van der Waals surface area contributed by atoms with E-state index in [1.54, 1.807) is 20.8 Å². The molecule has 0 aromatic heterocycles. The summed E-state index contributed by atoms with van der Waals surface area (Å²) >= 11 is 0. The molecule has 1 aliphatic rings. The lowest BCUT2D eigenvalue weighted by Crippen LogP contribution is -2.38. The second kappa shape index (κ2) is 5.38. The number of carbonyl (C=O) groups is 1. The van der Waals surface area contributed by atoms with Gasteiger partial charge < -0.3 is 5.11 Å². The van der Waals surface area contributed by atoms with Gasteiger partial charge in [0.1, 0.15) is 5.82 Å². The lowest BCUT2D eigenvalue weighted by atomic mass is 10.0. The Morgan fingerprint density at radius 2 is 1.86 bits per heavy atom. The quantitative estimate of drug-likeness (QED) is 0.925. The van der Waals surface area contributed by atoms with Crippen molar-refractivity contribution < 1.29 is 22.7 Å². The Kier molecular flexibility index (Phi) is 4.08. The number of aliphatic carboxylic acids is 1. The van der Waals surface area contributed by atoms with Crippen molar-refractivity contribution in [3.05, 3.63) is 29.1 Å². The molecule has 1 aliphatic heterocycles. The highest BCUT2D eigenvalue weighted by molar-refractivity contribution is 7.89. The van der Waals surface area contributed by atoms with E-state index in [1.807, 2.05) is 0 Å². The Hall–Kier alpha value is -1.47. The third kappa shape index (κ3) is 2.67. The molecular weight excluding hydrogens is 297 g/mol. The topological polar surface area (TPSA) is 74.7 Å². The van der Waals surface area contributed by atoms with Gasteiger partial charge in [0.15, 0.2) is 0 Å². The summed E-state index contributed by atoms with van der Waals surface area (Å²) in [6, 6.07) is 1.74. The molecule has 21 heavy (non-hydrogen) atoms. The maximum Gasteiger partial charge on any atom is 0.308 e. The summed E-state index contributed by atoms with van der Waals surface area (Å²) < 4.78 is 40.1. The fourth-order valence-corrected chi connectivity index (χ4v) is 5.10. The average molecular weight is 315 g/mol. The van der Waals surface area contributed by atoms with Gasteiger partial charge in [-0.15, -0.1) is 0 Å². The van der Waals surface area contributed by atoms with Crippen LogP contribution in [0.2, 0.25) is 0 Å². The standard InChI is InChI=1S/C14H18FNO4S/c1-8-6-11(15)7-9(2)13(8)21(19,20)16-5-4-12(10(16)3)14(17)18/h6-7,10,12H,4-5H2,1-3H3,(H,17,18). The number of rotatable bonds is 3. The molecule has 1 aromatic rings. The van der Waals surface area contributed by atoms with Gasteiger partial charge in [0.05, 0.1) is 10.8 Å². The van der Waals surface area contributed by atoms with E-state index in [0.29, 0.717) is 11.1 Å². The number of carboxylic acid groups (broad SMARTS) is 1. The maximum atomic E-state index is 13.3. The van der Waals surface area contributed by atoms with Gasteiger partial charge in [-0.1, -0.05) is 0 Å². The zero-order chi connectivity index (χ0) is 15.9. The number of carboxylic acids is 1. The zero-order valence-corrected chi connectivity index (χ0v) is 12.9. The predicted molar refractivity (Wildman–Crippen MR) is 75.0 cm³/mol. The first-order chi connectivity index (χ1) is 9.66. The Balaban J connectivity index is 2.47. The second-order valence-corrected chi connectivity index (χ2v) is 7.29. The Morgan fingerprint density at radius 1 is 1.33 bits per heavy atom. The van der Waals surface area contributed by atoms with Crippen molar-refractivity contribution in [2.45, 2.75) is 38.1 Å². The van der Waals surface area contributed by atoms with Crippen molar-refractivity contribution >= 4 is 16.0 Å². The van der Waals surface area contributed by atoms with E-state index in [0.717, 1.165) is 0 Å². The van der Waals surface area contributed by atoms with Crippen molar-refractivity contribution in [2.75, 3.05) is 6.54 Å². The molecule has 0 radical (unpaired) electrons. The van der Waals surface area contributed by atoms with Gasteiger partial charge in [0.25, 0.3) is 0 Å². The van der Waals surface area contributed by atoms with Gasteiger partial charge >= 0.3 is 5.97 Å². The van der Waals surface area contributed by atoms with Crippen molar-refractivity contribution in [1.29, 1.82) is 0 Å². The normalized spacial score (nSPS) is 23.4. The van der Waals surface area contributed by atoms with Gasteiger partial charge in [-0.3, -0.25) is 4.79 Å². The molecule has 1 aromatic carbocycles. The molecule has 1 fully saturated rings. The molecule has 1 heterocycles. The van der Waals surface area contributed by atoms with Crippen LogP contribution in [0.25, 0.3) is 0 Å². The first-order valence-electron chi connectivity index (χ1n) is 6.67. The second-order valence-electron chi connectivity index (χ2n) is 5.46. The fraction of sp³-hybridized carbons (Fsp3) is 0.500. The molecule has 116 valence electrons. The number of sulfonamides is 1. The lowest BCUT2D eigenvalue weighted by molar-refractivity contribution is -0.142. The first kappa shape index (κ1) is 15.9. The molecule has 1 N–H and O–H groups in total. The van der Waals surface area contributed by atoms with E-state index in [2.05, 4.69) is 0 Å². The minimum Gasteiger partial charge on any atom is -0.481 e. The molecule has 2 rings (SSSR count). The lowest BCUT2D eigenvalue weighted by Gasteiger charge is -2.24. The van der Waals surface area contributed by atoms with Gasteiger partial charge in [0, 0.05) is 12.6 Å². The van der Waals surface area contributed by atoms with Crippen LogP contribution < -0.4 is 0 Å². The number of halogens is 1. The maximum absolute atomic E-state index is 13.3. The summed E-state index contributed by atoms with van der Waals surface area (Å²) in [6.07, 6.45) is 0.287. The smallest absolute Gasteiger partial charge is 0.308 e. The van der Waals surface area contributed by atoms with Crippen molar-refractivity contribution in [3.8, 4) is 0 Å². The summed E-state index contributed by atoms with van der Waals surface area (Å²) in [5.41, 5.74) is 0.664. The van der Waals surface area contributed by atoms with Crippen LogP contribution in [0.5, 0.6) is 0 Å². The highest BCUT2D eigenvalue weighted by atomic mass is 32.2. The van der Waals surface area contributed by atoms with Crippen LogP contribution in [0.15, 0.2) is 17.0 Å². The molecule has 0 spiro atoms. The van der Waals surface area contributed by atoms with E-state index in [-0.39, 0.29) is 17.9 Å². The first-order valence-corrected chi connectivity index (χ1v) is 8.11. The average Bonchev–Trinajstić information content (AvgIpc) is 2.69. The van der Waals surface area contributed by atoms with Crippen LogP contribution in [0.3, 0.4) is 0 Å². The van der Waals surface area contributed by atoms with Crippen molar-refractivity contribution in [2.24, 2.45) is 5.92 Å². The van der Waals surface area contributed by atoms with Gasteiger partial charge in [-0.2, -0.15) is 4.31 Å². The third-order valence-electron chi connectivity index (χ3n) is 4.01. The van der Waals surface area contributed by atoms with Crippen molar-refractivity contribution in [1.82, 2.24) is 4.31 Å². The van der Waals surface area contributed by atoms with Crippen LogP contribution in [-0.2, 0) is 14.8 Å². The summed E-state index contributed by atoms with van der Waals surface area (Å²) in [4.78, 5) is 11.2. The van der Waals surface area contributed by atoms with E-state index in [1.165, 1.54) is 16.4 Å². The Bertz CT molecular complexity index is 663. The number of hydrogen-bond donors (Lipinski definition) is 1. The molecule has 2 unspecified atom stereocenters. The van der Waals surface area contributed by atoms with E-state index in [9.17, 15) is 17.6 Å². The van der Waals surface area contributed by atoms with E-state index >= 15 is 0 Å². The molecule has 0 amide bonds. The molecule has 0 saturated carbocycles. The highest BCUT2D eigenvalue weighted by Gasteiger charge is 2.43. The van der Waals surface area contributed by atoms with Crippen LogP contribution in [0.1, 0.15) is 24.5 Å². The molecule has 5 nitrogen and oxygen atoms in total. The zero-order valence-electron chi connectivity index (χ0n) is 12.1. The molecule has 0 aliphatic carbocycles. The van der Waals surface area contributed by atoms with Gasteiger partial charge in [-0.25, -0.2) is 12.8 Å². The molecule has 7 heteroatoms. The SMILES string of the molecule is Cc1cc(F)cc(C)c1S(=O)(=O)N1CCC(C(=O)O)C1C. The monoisotopic (exact) mass is 315 g/mol. The molecule has 2 atom stereocenters. The van der Waals surface area contributed by atoms with Crippen LogP contribution in [0, 0.1) is 25.6 Å². The van der Waals surface area contributed by atoms with Crippen LogP contribution in [-0.4, -0.2) is 36.4 Å².